The first-order valence-corrected chi connectivity index (χ1v) is 28.4. The summed E-state index contributed by atoms with van der Waals surface area (Å²) >= 11 is 0. The van der Waals surface area contributed by atoms with Gasteiger partial charge in [-0.15, -0.1) is 0 Å². The number of alkyl carbamates (subject to hydrolysis) is 1. The first-order chi connectivity index (χ1) is 36.7. The number of likely N-dealkylation sites (tertiary alicyclic amines) is 1. The van der Waals surface area contributed by atoms with Crippen LogP contribution in [0.5, 0.6) is 5.75 Å². The molecule has 6 bridgehead atoms. The van der Waals surface area contributed by atoms with Gasteiger partial charge in [0.2, 0.25) is 29.6 Å². The van der Waals surface area contributed by atoms with E-state index in [1.165, 1.54) is 29.4 Å². The van der Waals surface area contributed by atoms with Crippen LogP contribution in [0.4, 0.5) is 30.9 Å². The maximum Gasteiger partial charge on any atom is 0.407 e. The van der Waals surface area contributed by atoms with Gasteiger partial charge in [0, 0.05) is 75.9 Å². The number of carbonyl (C=O) groups is 6. The fourth-order valence-corrected chi connectivity index (χ4v) is 10.0. The lowest BCUT2D eigenvalue weighted by atomic mass is 10.0. The molecule has 78 heavy (non-hydrogen) atoms. The molecule has 0 spiro atoms. The number of halogens is 2. The smallest absolute Gasteiger partial charge is 0.407 e. The van der Waals surface area contributed by atoms with Gasteiger partial charge in [0.25, 0.3) is 5.91 Å². The number of carbonyl (C=O) groups excluding carboxylic acids is 6. The highest BCUT2D eigenvalue weighted by Gasteiger charge is 2.40. The van der Waals surface area contributed by atoms with E-state index < -0.39 is 93.1 Å². The number of nitrogens with two attached hydrogens (primary N) is 1. The Hall–Kier alpha value is -6.57. The lowest BCUT2D eigenvalue weighted by Gasteiger charge is -2.30. The van der Waals surface area contributed by atoms with E-state index in [-0.39, 0.29) is 42.6 Å². The summed E-state index contributed by atoms with van der Waals surface area (Å²) in [6.07, 6.45) is 4.11. The van der Waals surface area contributed by atoms with Crippen molar-refractivity contribution in [1.29, 1.82) is 0 Å². The number of rotatable bonds is 21. The molecule has 6 amide bonds. The number of benzene rings is 2. The largest absolute Gasteiger partial charge is 0.494 e. The zero-order valence-electron chi connectivity index (χ0n) is 46.4. The number of primary amides is 1. The normalized spacial score (nSPS) is 16.4. The second-order valence-corrected chi connectivity index (χ2v) is 23.8. The Morgan fingerprint density at radius 3 is 2.33 bits per heavy atom. The first kappa shape index (κ1) is 62.3. The number of fused-ring (bicyclic) bond motifs is 7. The zero-order chi connectivity index (χ0) is 57.3. The number of aromatic nitrogens is 2. The highest BCUT2D eigenvalue weighted by molar-refractivity contribution is 7.92. The molecule has 1 saturated heterocycles. The molecule has 2 aliphatic rings. The highest BCUT2D eigenvalue weighted by Crippen LogP contribution is 2.30. The van der Waals surface area contributed by atoms with Crippen molar-refractivity contribution in [2.24, 2.45) is 16.0 Å². The molecule has 3 aromatic rings. The Morgan fingerprint density at radius 1 is 0.936 bits per heavy atom. The SMILES string of the molecule is CC(C)[C@H](NC(=O)[C@@H]1CCCN1C(=O)[C@H](CC(N)=O)NC(=O)CN(C)CCN(C)CCN(C)CCNC(=O)OC(C)(C)C)C(=O)N=[S@@](C)(=O)Cc1cc2cc(c1)OCCCCCNc1cc(ccc1F)-c1nc(ncc1F)N2. The number of nitrogens with zero attached hydrogens (tertiary/aromatic N) is 7. The van der Waals surface area contributed by atoms with Crippen molar-refractivity contribution in [3.05, 3.63) is 59.8 Å². The molecule has 3 heterocycles. The average molecular weight is 1110 g/mol. The highest BCUT2D eigenvalue weighted by atomic mass is 32.2. The van der Waals surface area contributed by atoms with Gasteiger partial charge < -0.3 is 56.5 Å². The average Bonchev–Trinajstić information content (AvgIpc) is 3.84. The Labute approximate surface area is 456 Å². The van der Waals surface area contributed by atoms with Crippen LogP contribution < -0.4 is 37.1 Å². The van der Waals surface area contributed by atoms with Crippen LogP contribution >= 0.6 is 0 Å². The van der Waals surface area contributed by atoms with Crippen LogP contribution in [-0.2, 0) is 44.2 Å². The summed E-state index contributed by atoms with van der Waals surface area (Å²) in [6, 6.07) is 5.52. The molecular weight excluding hydrogens is 1030 g/mol. The molecule has 1 fully saturated rings. The Bertz CT molecular complexity index is 2720. The second kappa shape index (κ2) is 28.9. The van der Waals surface area contributed by atoms with Gasteiger partial charge in [-0.05, 0) is 116 Å². The summed E-state index contributed by atoms with van der Waals surface area (Å²) in [6.45, 7) is 13.2. The summed E-state index contributed by atoms with van der Waals surface area (Å²) in [7, 11) is 2.31. The van der Waals surface area contributed by atoms with E-state index >= 15 is 4.39 Å². The van der Waals surface area contributed by atoms with Crippen LogP contribution in [0.3, 0.4) is 0 Å². The molecule has 0 aliphatic carbocycles. The number of nitrogens with one attached hydrogen (secondary N) is 5. The summed E-state index contributed by atoms with van der Waals surface area (Å²) in [5, 5.41) is 14.3. The Morgan fingerprint density at radius 2 is 1.64 bits per heavy atom. The minimum Gasteiger partial charge on any atom is -0.494 e. The second-order valence-electron chi connectivity index (χ2n) is 21.4. The number of likely N-dealkylation sites (N-methyl/N-ethyl adjacent to an activating group) is 3. The van der Waals surface area contributed by atoms with E-state index in [4.69, 9.17) is 15.2 Å². The molecule has 0 unspecified atom stereocenters. The van der Waals surface area contributed by atoms with Gasteiger partial charge in [-0.1, -0.05) is 13.8 Å². The lowest BCUT2D eigenvalue weighted by Crippen LogP contribution is -2.57. The van der Waals surface area contributed by atoms with Crippen molar-refractivity contribution in [3.63, 3.8) is 0 Å². The third-order valence-electron chi connectivity index (χ3n) is 12.7. The van der Waals surface area contributed by atoms with Crippen molar-refractivity contribution in [2.45, 2.75) is 103 Å². The fraction of sp³-hybridized carbons (Fsp3) is 0.585. The predicted octanol–water partition coefficient (Wildman–Crippen LogP) is 4.08. The van der Waals surface area contributed by atoms with Gasteiger partial charge in [0.15, 0.2) is 5.82 Å². The van der Waals surface area contributed by atoms with Crippen LogP contribution in [0.2, 0.25) is 0 Å². The van der Waals surface area contributed by atoms with Crippen LogP contribution in [0.15, 0.2) is 47.0 Å². The third kappa shape index (κ3) is 20.3. The van der Waals surface area contributed by atoms with Crippen LogP contribution in [0.1, 0.15) is 78.7 Å². The third-order valence-corrected chi connectivity index (χ3v) is 14.2. The minimum atomic E-state index is -3.34. The fourth-order valence-electron chi connectivity index (χ4n) is 8.67. The molecule has 7 N–H and O–H groups in total. The molecule has 0 saturated carbocycles. The Balaban J connectivity index is 1.20. The number of hydrogen-bond donors (Lipinski definition) is 6. The number of hydrogen-bond acceptors (Lipinski definition) is 16. The predicted molar refractivity (Wildman–Crippen MR) is 294 cm³/mol. The first-order valence-electron chi connectivity index (χ1n) is 26.3. The van der Waals surface area contributed by atoms with Gasteiger partial charge in [-0.2, -0.15) is 4.36 Å². The number of anilines is 3. The van der Waals surface area contributed by atoms with Crippen molar-refractivity contribution < 1.29 is 51.2 Å². The van der Waals surface area contributed by atoms with Gasteiger partial charge in [-0.25, -0.2) is 27.8 Å². The summed E-state index contributed by atoms with van der Waals surface area (Å²) in [5.74, 6) is -5.08. The molecule has 25 heteroatoms. The standard InChI is InChI=1S/C53H79F2N13O9S/c1-34(2)46(49(72)64-78(9,75)33-35-26-37-29-38(27-35)76-25-12-10-11-17-57-41-28-36(15-16-39(41)54)47-40(55)31-59-51(60-37)63-47)62-48(71)43-14-13-19-68(43)50(73)42(30-44(56)69)61-45(70)32-67(8)24-23-66(7)22-21-65(6)20-18-58-52(74)77-53(3,4)5/h15-16,26-29,31,34,42-43,46,57H,10-14,17-25,30,32-33H2,1-9H3,(H2,56,69)(H,58,74)(H,61,70)(H,62,71)(H,59,60,63)/t42-,43-,46-,78-/m0/s1. The van der Waals surface area contributed by atoms with Gasteiger partial charge in [0.1, 0.15) is 41.0 Å². The zero-order valence-corrected chi connectivity index (χ0v) is 47.2. The number of ether oxygens (including phenoxy) is 2. The topological polar surface area (TPSA) is 275 Å². The van der Waals surface area contributed by atoms with Crippen LogP contribution in [0, 0.1) is 17.6 Å². The molecule has 2 aliphatic heterocycles. The molecular formula is C53H79F2N13O9S. The Kier molecular flexibility index (Phi) is 23.1. The molecule has 22 nitrogen and oxygen atoms in total. The summed E-state index contributed by atoms with van der Waals surface area (Å²) in [4.78, 5) is 95.2. The molecule has 430 valence electrons. The quantitative estimate of drug-likeness (QED) is 0.0877. The summed E-state index contributed by atoms with van der Waals surface area (Å²) < 4.78 is 59.6. The van der Waals surface area contributed by atoms with Crippen molar-refractivity contribution in [3.8, 4) is 17.0 Å². The molecule has 1 aromatic heterocycles. The van der Waals surface area contributed by atoms with E-state index in [1.807, 2.05) is 14.1 Å². The molecule has 2 aromatic carbocycles. The van der Waals surface area contributed by atoms with Crippen molar-refractivity contribution in [2.75, 3.05) is 104 Å². The van der Waals surface area contributed by atoms with Crippen LogP contribution in [0.25, 0.3) is 11.3 Å². The van der Waals surface area contributed by atoms with Crippen molar-refractivity contribution in [1.82, 2.24) is 45.5 Å². The van der Waals surface area contributed by atoms with E-state index in [0.717, 1.165) is 25.7 Å². The lowest BCUT2D eigenvalue weighted by molar-refractivity contribution is -0.143. The van der Waals surface area contributed by atoms with Crippen molar-refractivity contribution >= 4 is 62.7 Å². The monoisotopic (exact) mass is 1110 g/mol. The van der Waals surface area contributed by atoms with Gasteiger partial charge in [-0.3, -0.25) is 28.9 Å². The van der Waals surface area contributed by atoms with E-state index in [0.29, 0.717) is 81.2 Å². The maximum absolute atomic E-state index is 15.1. The van der Waals surface area contributed by atoms with Crippen LogP contribution in [-0.4, -0.2) is 186 Å². The molecule has 4 atom stereocenters. The molecule has 5 rings (SSSR count). The maximum atomic E-state index is 15.1. The molecule has 0 radical (unpaired) electrons. The van der Waals surface area contributed by atoms with E-state index in [1.54, 1.807) is 64.8 Å². The summed E-state index contributed by atoms with van der Waals surface area (Å²) in [5.41, 5.74) is 6.32. The van der Waals surface area contributed by atoms with E-state index in [9.17, 15) is 37.4 Å². The van der Waals surface area contributed by atoms with Gasteiger partial charge in [0.05, 0.1) is 46.9 Å². The van der Waals surface area contributed by atoms with Gasteiger partial charge >= 0.3 is 6.09 Å². The number of amides is 6. The minimum absolute atomic E-state index is 0.0147. The van der Waals surface area contributed by atoms with E-state index in [2.05, 4.69) is 50.7 Å².